The Labute approximate surface area is 737 Å². The highest BCUT2D eigenvalue weighted by Gasteiger charge is 2.64. The molecule has 25 nitrogen and oxygen atoms in total. The second-order valence-electron chi connectivity index (χ2n) is 38.8. The Hall–Kier alpha value is -13.4. The molecule has 4 saturated heterocycles. The van der Waals surface area contributed by atoms with Gasteiger partial charge in [0.1, 0.15) is 47.4 Å². The number of aliphatic hydroxyl groups is 5. The van der Waals surface area contributed by atoms with E-state index in [-0.39, 0.29) is 61.3 Å². The Morgan fingerprint density at radius 3 is 0.923 bits per heavy atom. The van der Waals surface area contributed by atoms with Gasteiger partial charge in [-0.2, -0.15) is 0 Å². The molecule has 25 heteroatoms. The zero-order chi connectivity index (χ0) is 87.5. The van der Waals surface area contributed by atoms with Gasteiger partial charge in [0, 0.05) is 144 Å². The monoisotopic (exact) mass is 1720 g/mol. The van der Waals surface area contributed by atoms with Crippen LogP contribution in [0.3, 0.4) is 0 Å². The number of carbonyl (C=O) groups is 4. The minimum Gasteiger partial charge on any atom is -0.396 e. The van der Waals surface area contributed by atoms with Gasteiger partial charge in [0.05, 0.1) is 124 Å². The van der Waals surface area contributed by atoms with Gasteiger partial charge in [-0.05, 0) is 112 Å². The molecule has 32 rings (SSSR count). The molecule has 0 saturated carbocycles. The van der Waals surface area contributed by atoms with Crippen LogP contribution in [0.5, 0.6) is 0 Å². The summed E-state index contributed by atoms with van der Waals surface area (Å²) in [5.41, 5.74) is 16.2. The smallest absolute Gasteiger partial charge is 0.252 e. The van der Waals surface area contributed by atoms with Crippen molar-refractivity contribution in [3.05, 3.63) is 239 Å². The second kappa shape index (κ2) is 24.2. The van der Waals surface area contributed by atoms with E-state index < -0.39 is 52.5 Å². The number of nitrogens with zero attached hydrogens (tertiary/aromatic N) is 8. The summed E-state index contributed by atoms with van der Waals surface area (Å²) >= 11 is 0. The fraction of sp³-hybridized carbons (Fsp3) is 0.276. The average molecular weight is 1720 g/mol. The third-order valence-corrected chi connectivity index (χ3v) is 33.0. The maximum Gasteiger partial charge on any atom is 0.252 e. The van der Waals surface area contributed by atoms with Crippen molar-refractivity contribution in [2.75, 3.05) is 13.2 Å². The highest BCUT2D eigenvalue weighted by Crippen LogP contribution is 2.64. The molecule has 12 aromatic carbocycles. The van der Waals surface area contributed by atoms with Gasteiger partial charge >= 0.3 is 0 Å². The zero-order valence-electron chi connectivity index (χ0n) is 71.7. The van der Waals surface area contributed by atoms with Crippen LogP contribution in [-0.2, 0) is 68.0 Å². The number of carbonyl (C=O) groups excluding carboxylic acids is 4. The number of amides is 4. The van der Waals surface area contributed by atoms with E-state index in [4.69, 9.17) is 18.9 Å². The maximum atomic E-state index is 13.2. The summed E-state index contributed by atoms with van der Waals surface area (Å²) in [5, 5.41) is 85.2. The summed E-state index contributed by atoms with van der Waals surface area (Å²) in [7, 11) is 0. The van der Waals surface area contributed by atoms with E-state index in [0.29, 0.717) is 45.4 Å². The number of nitrogens with one attached hydrogen (secondary N) is 4. The quantitative estimate of drug-likeness (QED) is 0.0796. The molecule has 0 spiro atoms. The van der Waals surface area contributed by atoms with Crippen LogP contribution in [-0.4, -0.2) is 116 Å². The van der Waals surface area contributed by atoms with E-state index in [1.165, 1.54) is 0 Å². The van der Waals surface area contributed by atoms with E-state index in [1.54, 1.807) is 0 Å². The lowest BCUT2D eigenvalue weighted by Crippen LogP contribution is -2.53. The molecule has 4 amide bonds. The molecule has 3 unspecified atom stereocenters. The van der Waals surface area contributed by atoms with Gasteiger partial charge in [-0.3, -0.25) is 19.2 Å². The lowest BCUT2D eigenvalue weighted by molar-refractivity contribution is -0.189. The molecule has 9 N–H and O–H groups in total. The fourth-order valence-electron chi connectivity index (χ4n) is 27.1. The van der Waals surface area contributed by atoms with Crippen molar-refractivity contribution in [1.29, 1.82) is 0 Å². The van der Waals surface area contributed by atoms with E-state index in [9.17, 15) is 44.7 Å². The Bertz CT molecular complexity index is 8620. The molecule has 12 atom stereocenters. The number of rotatable bonds is 3. The summed E-state index contributed by atoms with van der Waals surface area (Å²) in [4.78, 5) is 52.7. The molecule has 20 heterocycles. The van der Waals surface area contributed by atoms with Crippen LogP contribution in [0.15, 0.2) is 194 Å². The topological polar surface area (TPSA) is 294 Å². The van der Waals surface area contributed by atoms with Gasteiger partial charge in [0.25, 0.3) is 23.6 Å². The van der Waals surface area contributed by atoms with Crippen LogP contribution in [0.25, 0.3) is 174 Å². The predicted molar refractivity (Wildman–Crippen MR) is 496 cm³/mol. The number of aliphatic hydroxyl groups excluding tert-OH is 2. The van der Waals surface area contributed by atoms with E-state index in [2.05, 4.69) is 156 Å². The molecule has 20 aromatic rings. The van der Waals surface area contributed by atoms with Crippen molar-refractivity contribution in [2.45, 2.75) is 164 Å². The third-order valence-electron chi connectivity index (χ3n) is 33.0. The number of ether oxygens (including phenoxy) is 4. The molecular formula is C105H86N12O13. The lowest BCUT2D eigenvalue weighted by Gasteiger charge is -2.39. The Balaban J connectivity index is 0.0000000854. The molecule has 0 radical (unpaired) electrons. The van der Waals surface area contributed by atoms with Crippen molar-refractivity contribution < 1.29 is 63.7 Å². The number of hydrogen-bond acceptors (Lipinski definition) is 13. The zero-order valence-corrected chi connectivity index (χ0v) is 71.7. The van der Waals surface area contributed by atoms with Gasteiger partial charge < -0.3 is 102 Å². The molecule has 12 aliphatic rings. The third kappa shape index (κ3) is 8.27. The number of fused-ring (bicyclic) bond motifs is 52. The van der Waals surface area contributed by atoms with Gasteiger partial charge in [-0.25, -0.2) is 0 Å². The molecule has 4 fully saturated rings. The highest BCUT2D eigenvalue weighted by atomic mass is 16.6. The van der Waals surface area contributed by atoms with Crippen LogP contribution in [0, 0.1) is 5.92 Å². The second-order valence-corrected chi connectivity index (χ2v) is 38.8. The van der Waals surface area contributed by atoms with Crippen molar-refractivity contribution in [2.24, 2.45) is 5.92 Å². The van der Waals surface area contributed by atoms with Crippen molar-refractivity contribution >= 4 is 198 Å². The van der Waals surface area contributed by atoms with Crippen LogP contribution in [0.1, 0.15) is 162 Å². The lowest BCUT2D eigenvalue weighted by atomic mass is 9.86. The summed E-state index contributed by atoms with van der Waals surface area (Å²) in [6, 6.07) is 65.8. The van der Waals surface area contributed by atoms with E-state index >= 15 is 0 Å². The standard InChI is InChI=1S/C27H23N3O3.C26H21N3O4.2C26H21N3O3/c1-3-27(32)12-19-29-17-10-6-4-8-14(17)21-22-16(13-28-25(22)31)20-15-9-5-7-11-18(15)30(24(20)23(21)29)26(27,2)33-19;1-25-26(32,12-30)10-18(33-25)28-16-8-4-2-6-13(16)20-21-15(11-27-24(21)31)19-14-7-3-5-9-17(14)29(25)23(19)22(20)28;1-25(31)11-18-28-16-9-5-3-7-13(16)20-21-15(12-27-24(21)30)19-14-8-4-6-10-17(14)29(23(19)22(20)28)26(25,2)32-18;1-26-13(12-30)10-19(32-26)28-17-8-4-2-6-14(17)21-22-16(11-27-25(22)31)20-15-7-3-5-9-18(15)29(26)24(20)23(21)28/h4-11,19,32H,3,12-13H2,1-2H3,(H,28,31);2-9,18,30,32H,10-12H2,1H3,(H,27,31);3-10,18,31H,11-12H2,1-2H3,(H,27,30);2-9,13,19,30H,10-12H2,1H3,(H,27,31)/t19-,26+,27+;18?,25-,26+;18?,25-,26-;13-,19?,26-/m1000/s1. The number of aromatic nitrogens is 8. The number of para-hydroxylation sites is 8. The fourth-order valence-corrected chi connectivity index (χ4v) is 27.1. The normalized spacial score (nSPS) is 27.5. The van der Waals surface area contributed by atoms with Crippen molar-refractivity contribution in [3.63, 3.8) is 0 Å². The first kappa shape index (κ1) is 74.5. The minimum absolute atomic E-state index is 0.00333. The maximum absolute atomic E-state index is 13.2. The van der Waals surface area contributed by atoms with Crippen molar-refractivity contribution in [1.82, 2.24) is 57.8 Å². The Kier molecular flexibility index (Phi) is 13.8. The largest absolute Gasteiger partial charge is 0.396 e. The van der Waals surface area contributed by atoms with Crippen LogP contribution in [0.2, 0.25) is 0 Å². The Morgan fingerprint density at radius 2 is 0.592 bits per heavy atom. The molecular weight excluding hydrogens is 1640 g/mol. The molecule has 12 aliphatic heterocycles. The SMILES string of the molecule is CC[C@]1(O)C[C@H]2O[C@]1(C)n1c3ccccc3c3c4c(c5c6ccccc6n2c5c31)C(=O)NC4.C[C@]1(O)CC2O[C@]1(C)n1c3ccccc3c3c4c(c5c6ccccc6n2c5c31)C(=O)NC4.C[C@]12OC(C[C@@]1(O)CO)n1c3ccccc3c3c4c(c5c6ccccc6n2c5c31)CNC4=O.C[C@]12OC(C[C@H]1CO)n1c3ccccc3c3c4c(c5c6ccccc6n2c5c31)CNC4=O. The van der Waals surface area contributed by atoms with Gasteiger partial charge in [-0.15, -0.1) is 0 Å². The average Bonchev–Trinajstić information content (AvgIpc) is 1.50. The van der Waals surface area contributed by atoms with Crippen LogP contribution < -0.4 is 21.3 Å². The first-order valence-electron chi connectivity index (χ1n) is 45.3. The number of hydrogen-bond donors (Lipinski definition) is 9. The summed E-state index contributed by atoms with van der Waals surface area (Å²) < 4.78 is 44.8. The number of benzene rings is 12. The van der Waals surface area contributed by atoms with E-state index in [0.717, 1.165) is 225 Å². The summed E-state index contributed by atoms with van der Waals surface area (Å²) in [6.07, 6.45) is 1.15. The molecule has 130 heavy (non-hydrogen) atoms. The molecule has 8 bridgehead atoms. The van der Waals surface area contributed by atoms with Crippen LogP contribution in [0.4, 0.5) is 0 Å². The molecule has 8 aromatic heterocycles. The summed E-state index contributed by atoms with van der Waals surface area (Å²) in [6.45, 7) is 13.5. The van der Waals surface area contributed by atoms with Gasteiger partial charge in [0.2, 0.25) is 0 Å². The Morgan fingerprint density at radius 1 is 0.323 bits per heavy atom. The predicted octanol–water partition coefficient (Wildman–Crippen LogP) is 17.2. The molecule has 644 valence electrons. The summed E-state index contributed by atoms with van der Waals surface area (Å²) in [5.74, 6) is -0.131. The van der Waals surface area contributed by atoms with Crippen molar-refractivity contribution in [3.8, 4) is 0 Å². The van der Waals surface area contributed by atoms with Gasteiger partial charge in [-0.1, -0.05) is 153 Å². The minimum atomic E-state index is -1.48. The van der Waals surface area contributed by atoms with E-state index in [1.807, 2.05) is 138 Å². The van der Waals surface area contributed by atoms with Gasteiger partial charge in [0.15, 0.2) is 17.2 Å². The first-order valence-corrected chi connectivity index (χ1v) is 45.3. The highest BCUT2D eigenvalue weighted by molar-refractivity contribution is 6.36. The molecule has 0 aliphatic carbocycles. The first-order chi connectivity index (χ1) is 63.0. The van der Waals surface area contributed by atoms with Crippen LogP contribution >= 0.6 is 0 Å².